The van der Waals surface area contributed by atoms with Crippen molar-refractivity contribution in [3.63, 3.8) is 0 Å². The summed E-state index contributed by atoms with van der Waals surface area (Å²) in [6, 6.07) is 12.2. The first kappa shape index (κ1) is 22.5. The van der Waals surface area contributed by atoms with Gasteiger partial charge in [0.1, 0.15) is 0 Å². The summed E-state index contributed by atoms with van der Waals surface area (Å²) in [5, 5.41) is 21.6. The third-order valence-corrected chi connectivity index (χ3v) is 5.40. The highest BCUT2D eigenvalue weighted by atomic mass is 16.6. The number of amides is 2. The van der Waals surface area contributed by atoms with Crippen LogP contribution >= 0.6 is 0 Å². The largest absolute Gasteiger partial charge is 0.490 e. The number of carbonyl (C=O) groups is 2. The van der Waals surface area contributed by atoms with Crippen molar-refractivity contribution in [1.29, 1.82) is 0 Å². The maximum atomic E-state index is 12.6. The van der Waals surface area contributed by atoms with Crippen LogP contribution in [0.5, 0.6) is 5.75 Å². The number of rotatable bonds is 6. The zero-order valence-electron chi connectivity index (χ0n) is 18.6. The number of hydrogen-bond donors (Lipinski definition) is 2. The molecule has 2 heterocycles. The molecule has 0 spiro atoms. The van der Waals surface area contributed by atoms with Crippen molar-refractivity contribution in [2.75, 3.05) is 14.2 Å². The SMILES string of the molecule is COC(=O)C1=C(C)NC(=O)N[C@H]1c1cn(-c2ccccc2)nc1-c1ccc(OC)c([N+](=O)[O-])c1. The number of ether oxygens (including phenoxy) is 2. The molecule has 34 heavy (non-hydrogen) atoms. The predicted octanol–water partition coefficient (Wildman–Crippen LogP) is 3.26. The fourth-order valence-corrected chi connectivity index (χ4v) is 3.82. The van der Waals surface area contributed by atoms with Crippen LogP contribution in [0.3, 0.4) is 0 Å². The molecule has 0 radical (unpaired) electrons. The van der Waals surface area contributed by atoms with Crippen LogP contribution in [-0.2, 0) is 9.53 Å². The van der Waals surface area contributed by atoms with Gasteiger partial charge in [-0.1, -0.05) is 18.2 Å². The predicted molar refractivity (Wildman–Crippen MR) is 121 cm³/mol. The molecule has 1 aliphatic rings. The molecule has 2 aromatic carbocycles. The van der Waals surface area contributed by atoms with Gasteiger partial charge in [-0.15, -0.1) is 0 Å². The van der Waals surface area contributed by atoms with Crippen LogP contribution in [0.25, 0.3) is 16.9 Å². The van der Waals surface area contributed by atoms with Gasteiger partial charge in [0.05, 0.1) is 42.1 Å². The quantitative estimate of drug-likeness (QED) is 0.325. The van der Waals surface area contributed by atoms with E-state index in [-0.39, 0.29) is 17.0 Å². The molecule has 2 amide bonds. The third kappa shape index (κ3) is 4.06. The first-order valence-electron chi connectivity index (χ1n) is 10.2. The summed E-state index contributed by atoms with van der Waals surface area (Å²) in [4.78, 5) is 36.0. The molecule has 0 unspecified atom stereocenters. The fraction of sp³-hybridized carbons (Fsp3) is 0.174. The average Bonchev–Trinajstić information content (AvgIpc) is 3.28. The van der Waals surface area contributed by atoms with Crippen LogP contribution in [-0.4, -0.2) is 40.9 Å². The molecule has 174 valence electrons. The lowest BCUT2D eigenvalue weighted by molar-refractivity contribution is -0.385. The second kappa shape index (κ2) is 9.06. The van der Waals surface area contributed by atoms with E-state index in [0.29, 0.717) is 22.5 Å². The van der Waals surface area contributed by atoms with Crippen molar-refractivity contribution in [3.8, 4) is 22.7 Å². The number of urea groups is 1. The Morgan fingerprint density at radius 1 is 1.18 bits per heavy atom. The lowest BCUT2D eigenvalue weighted by Gasteiger charge is -2.27. The highest BCUT2D eigenvalue weighted by Gasteiger charge is 2.35. The highest BCUT2D eigenvalue weighted by Crippen LogP contribution is 2.38. The minimum atomic E-state index is -0.908. The summed E-state index contributed by atoms with van der Waals surface area (Å²) in [5.74, 6) is -0.534. The van der Waals surface area contributed by atoms with Gasteiger partial charge in [0.2, 0.25) is 0 Å². The number of nitrogens with one attached hydrogen (secondary N) is 2. The van der Waals surface area contributed by atoms with Crippen molar-refractivity contribution in [1.82, 2.24) is 20.4 Å². The molecule has 11 nitrogen and oxygen atoms in total. The summed E-state index contributed by atoms with van der Waals surface area (Å²) in [7, 11) is 2.59. The standard InChI is InChI=1S/C23H21N5O6/c1-13-19(22(29)34-3)21(25-23(30)24-13)16-12-27(15-7-5-4-6-8-15)26-20(16)14-9-10-18(33-2)17(11-14)28(31)32/h4-12,21H,1-3H3,(H2,24,25,30)/t21-/m0/s1. The zero-order chi connectivity index (χ0) is 24.4. The van der Waals surface area contributed by atoms with Crippen LogP contribution in [0.15, 0.2) is 66.0 Å². The number of nitro groups is 1. The molecule has 0 aliphatic carbocycles. The van der Waals surface area contributed by atoms with Gasteiger partial charge in [0.15, 0.2) is 5.75 Å². The Bertz CT molecular complexity index is 1310. The lowest BCUT2D eigenvalue weighted by atomic mass is 9.93. The van der Waals surface area contributed by atoms with Gasteiger partial charge in [-0.25, -0.2) is 14.3 Å². The van der Waals surface area contributed by atoms with E-state index in [1.165, 1.54) is 26.4 Å². The molecular formula is C23H21N5O6. The molecular weight excluding hydrogens is 442 g/mol. The van der Waals surface area contributed by atoms with Crippen LogP contribution < -0.4 is 15.4 Å². The van der Waals surface area contributed by atoms with E-state index >= 15 is 0 Å². The minimum absolute atomic E-state index is 0.0963. The van der Waals surface area contributed by atoms with Gasteiger partial charge in [-0.05, 0) is 31.2 Å². The van der Waals surface area contributed by atoms with Gasteiger partial charge >= 0.3 is 17.7 Å². The number of carbonyl (C=O) groups excluding carboxylic acids is 2. The molecule has 1 aromatic heterocycles. The Morgan fingerprint density at radius 3 is 2.56 bits per heavy atom. The molecule has 1 aliphatic heterocycles. The number of nitrogens with zero attached hydrogens (tertiary/aromatic N) is 3. The summed E-state index contributed by atoms with van der Waals surface area (Å²) in [6.07, 6.45) is 1.67. The van der Waals surface area contributed by atoms with Crippen LogP contribution in [0, 0.1) is 10.1 Å². The van der Waals surface area contributed by atoms with Gasteiger partial charge in [-0.3, -0.25) is 10.1 Å². The molecule has 0 saturated heterocycles. The molecule has 11 heteroatoms. The number of nitro benzene ring substituents is 1. The van der Waals surface area contributed by atoms with E-state index < -0.39 is 23.0 Å². The third-order valence-electron chi connectivity index (χ3n) is 5.40. The summed E-state index contributed by atoms with van der Waals surface area (Å²) in [6.45, 7) is 1.59. The van der Waals surface area contributed by atoms with Gasteiger partial charge in [0, 0.05) is 29.1 Å². The number of methoxy groups -OCH3 is 2. The Balaban J connectivity index is 1.96. The van der Waals surface area contributed by atoms with E-state index in [1.807, 2.05) is 30.3 Å². The van der Waals surface area contributed by atoms with Crippen LogP contribution in [0.4, 0.5) is 10.5 Å². The van der Waals surface area contributed by atoms with Crippen molar-refractivity contribution < 1.29 is 24.0 Å². The molecule has 0 fully saturated rings. The number of allylic oxidation sites excluding steroid dienone is 1. The monoisotopic (exact) mass is 463 g/mol. The molecule has 2 N–H and O–H groups in total. The number of benzene rings is 2. The number of aromatic nitrogens is 2. The van der Waals surface area contributed by atoms with E-state index in [0.717, 1.165) is 5.69 Å². The Kier molecular flexibility index (Phi) is 6.00. The highest BCUT2D eigenvalue weighted by molar-refractivity contribution is 5.95. The maximum absolute atomic E-state index is 12.6. The maximum Gasteiger partial charge on any atom is 0.337 e. The van der Waals surface area contributed by atoms with Gasteiger partial charge in [-0.2, -0.15) is 5.10 Å². The van der Waals surface area contributed by atoms with Crippen LogP contribution in [0.2, 0.25) is 0 Å². The Hall–Kier alpha value is -4.67. The molecule has 4 rings (SSSR count). The van der Waals surface area contributed by atoms with E-state index in [4.69, 9.17) is 9.47 Å². The van der Waals surface area contributed by atoms with Gasteiger partial charge in [0.25, 0.3) is 0 Å². The molecule has 1 atom stereocenters. The smallest absolute Gasteiger partial charge is 0.337 e. The number of para-hydroxylation sites is 1. The topological polar surface area (TPSA) is 138 Å². The van der Waals surface area contributed by atoms with Crippen molar-refractivity contribution in [2.24, 2.45) is 0 Å². The number of esters is 1. The molecule has 0 bridgehead atoms. The second-order valence-electron chi connectivity index (χ2n) is 7.42. The van der Waals surface area contributed by atoms with Crippen molar-refractivity contribution in [3.05, 3.63) is 81.7 Å². The van der Waals surface area contributed by atoms with E-state index in [1.54, 1.807) is 23.9 Å². The zero-order valence-corrected chi connectivity index (χ0v) is 18.6. The molecule has 3 aromatic rings. The second-order valence-corrected chi connectivity index (χ2v) is 7.42. The van der Waals surface area contributed by atoms with Crippen molar-refractivity contribution >= 4 is 17.7 Å². The van der Waals surface area contributed by atoms with E-state index in [2.05, 4.69) is 15.7 Å². The summed E-state index contributed by atoms with van der Waals surface area (Å²) >= 11 is 0. The first-order valence-corrected chi connectivity index (χ1v) is 10.2. The average molecular weight is 463 g/mol. The molecule has 0 saturated carbocycles. The lowest BCUT2D eigenvalue weighted by Crippen LogP contribution is -2.45. The Labute approximate surface area is 194 Å². The first-order chi connectivity index (χ1) is 16.3. The van der Waals surface area contributed by atoms with Gasteiger partial charge < -0.3 is 20.1 Å². The summed E-state index contributed by atoms with van der Waals surface area (Å²) < 4.78 is 11.6. The van der Waals surface area contributed by atoms with E-state index in [9.17, 15) is 19.7 Å². The number of hydrogen-bond acceptors (Lipinski definition) is 7. The normalized spacial score (nSPS) is 15.4. The minimum Gasteiger partial charge on any atom is -0.490 e. The summed E-state index contributed by atoms with van der Waals surface area (Å²) in [5.41, 5.74) is 2.22. The Morgan fingerprint density at radius 2 is 1.91 bits per heavy atom. The fourth-order valence-electron chi connectivity index (χ4n) is 3.82. The van der Waals surface area contributed by atoms with Crippen LogP contribution in [0.1, 0.15) is 18.5 Å². The van der Waals surface area contributed by atoms with Crippen molar-refractivity contribution in [2.45, 2.75) is 13.0 Å².